The highest BCUT2D eigenvalue weighted by atomic mass is 32.2. The van der Waals surface area contributed by atoms with Crippen molar-refractivity contribution in [3.8, 4) is 0 Å². The third-order valence-corrected chi connectivity index (χ3v) is 6.51. The highest BCUT2D eigenvalue weighted by molar-refractivity contribution is 7.98. The second-order valence-corrected chi connectivity index (χ2v) is 8.18. The number of aromatic carboxylic acids is 1. The van der Waals surface area contributed by atoms with Gasteiger partial charge in [0.1, 0.15) is 11.8 Å². The lowest BCUT2D eigenvalue weighted by Gasteiger charge is -2.21. The van der Waals surface area contributed by atoms with E-state index in [1.807, 2.05) is 30.0 Å². The number of fused-ring (bicyclic) bond motifs is 3. The zero-order valence-corrected chi connectivity index (χ0v) is 16.9. The number of benzene rings is 3. The molecule has 0 bridgehead atoms. The summed E-state index contributed by atoms with van der Waals surface area (Å²) in [5, 5.41) is 15.6. The van der Waals surface area contributed by atoms with E-state index in [1.54, 1.807) is 6.07 Å². The minimum Gasteiger partial charge on any atom is -0.542 e. The van der Waals surface area contributed by atoms with E-state index in [1.165, 1.54) is 21.6 Å². The van der Waals surface area contributed by atoms with E-state index in [0.29, 0.717) is 17.9 Å². The Bertz CT molecular complexity index is 1210. The summed E-state index contributed by atoms with van der Waals surface area (Å²) >= 11 is 1.85. The van der Waals surface area contributed by atoms with Crippen molar-refractivity contribution in [2.45, 2.75) is 16.6 Å². The Morgan fingerprint density at radius 1 is 0.967 bits per heavy atom. The van der Waals surface area contributed by atoms with E-state index in [2.05, 4.69) is 63.8 Å². The molecular formula is C24H18N3O2S-. The summed E-state index contributed by atoms with van der Waals surface area (Å²) in [5.41, 5.74) is 4.43. The molecule has 0 spiro atoms. The lowest BCUT2D eigenvalue weighted by Crippen LogP contribution is -2.26. The van der Waals surface area contributed by atoms with Crippen molar-refractivity contribution in [3.63, 3.8) is 0 Å². The van der Waals surface area contributed by atoms with Crippen LogP contribution in [0.5, 0.6) is 0 Å². The number of thioether (sulfide) groups is 1. The van der Waals surface area contributed by atoms with E-state index in [-0.39, 0.29) is 11.7 Å². The minimum atomic E-state index is -1.38. The predicted molar refractivity (Wildman–Crippen MR) is 117 cm³/mol. The molecule has 30 heavy (non-hydrogen) atoms. The third kappa shape index (κ3) is 3.39. The molecule has 4 aromatic rings. The van der Waals surface area contributed by atoms with E-state index >= 15 is 0 Å². The monoisotopic (exact) mass is 412 g/mol. The molecule has 0 radical (unpaired) electrons. The second kappa shape index (κ2) is 7.80. The average Bonchev–Trinajstić information content (AvgIpc) is 2.94. The van der Waals surface area contributed by atoms with Gasteiger partial charge in [0.15, 0.2) is 5.82 Å². The molecule has 1 unspecified atom stereocenters. The second-order valence-electron chi connectivity index (χ2n) is 7.16. The number of carbonyl (C=O) groups excluding carboxylic acids is 1. The number of hydrogen-bond donors (Lipinski definition) is 1. The highest BCUT2D eigenvalue weighted by Gasteiger charge is 2.24. The Morgan fingerprint density at radius 2 is 1.70 bits per heavy atom. The first-order valence-corrected chi connectivity index (χ1v) is 10.7. The van der Waals surface area contributed by atoms with Crippen LogP contribution < -0.4 is 10.4 Å². The Balaban J connectivity index is 1.57. The number of carboxylic acid groups (broad SMARTS) is 1. The van der Waals surface area contributed by atoms with Gasteiger partial charge in [-0.25, -0.2) is 9.97 Å². The van der Waals surface area contributed by atoms with Gasteiger partial charge in [-0.2, -0.15) is 0 Å². The molecule has 0 amide bonds. The first-order valence-electron chi connectivity index (χ1n) is 9.72. The van der Waals surface area contributed by atoms with Crippen molar-refractivity contribution < 1.29 is 9.90 Å². The van der Waals surface area contributed by atoms with Crippen LogP contribution in [0.1, 0.15) is 33.2 Å². The smallest absolute Gasteiger partial charge is 0.177 e. The summed E-state index contributed by atoms with van der Waals surface area (Å²) in [6, 6.07) is 24.3. The molecule has 5 nitrogen and oxygen atoms in total. The first-order chi connectivity index (χ1) is 14.7. The van der Waals surface area contributed by atoms with Crippen molar-refractivity contribution >= 4 is 34.5 Å². The molecule has 6 heteroatoms. The summed E-state index contributed by atoms with van der Waals surface area (Å²) in [6.07, 6.45) is 0. The number of hydrogen-bond acceptors (Lipinski definition) is 6. The molecule has 2 heterocycles. The molecule has 0 saturated carbocycles. The maximum absolute atomic E-state index is 11.4. The fourth-order valence-corrected chi connectivity index (χ4v) is 5.08. The molecule has 0 saturated heterocycles. The minimum absolute atomic E-state index is 0.118. The van der Waals surface area contributed by atoms with Crippen molar-refractivity contribution in [2.75, 3.05) is 11.9 Å². The van der Waals surface area contributed by atoms with Gasteiger partial charge in [-0.1, -0.05) is 54.6 Å². The van der Waals surface area contributed by atoms with Gasteiger partial charge in [-0.15, -0.1) is 11.8 Å². The molecule has 5 rings (SSSR count). The lowest BCUT2D eigenvalue weighted by atomic mass is 9.88. The molecule has 148 valence electrons. The molecule has 3 aromatic carbocycles. The van der Waals surface area contributed by atoms with E-state index in [0.717, 1.165) is 11.1 Å². The molecule has 1 aliphatic heterocycles. The Kier molecular flexibility index (Phi) is 4.85. The van der Waals surface area contributed by atoms with Crippen molar-refractivity contribution in [1.29, 1.82) is 0 Å². The average molecular weight is 412 g/mol. The molecular weight excluding hydrogens is 394 g/mol. The van der Waals surface area contributed by atoms with Crippen LogP contribution in [0.3, 0.4) is 0 Å². The number of anilines is 1. The van der Waals surface area contributed by atoms with Crippen LogP contribution in [0.4, 0.5) is 5.82 Å². The number of rotatable bonds is 4. The first kappa shape index (κ1) is 18.6. The van der Waals surface area contributed by atoms with Gasteiger partial charge in [0, 0.05) is 28.5 Å². The molecule has 0 fully saturated rings. The summed E-state index contributed by atoms with van der Waals surface area (Å²) in [7, 11) is 0. The fourth-order valence-electron chi connectivity index (χ4n) is 3.95. The van der Waals surface area contributed by atoms with Crippen LogP contribution >= 0.6 is 11.8 Å². The number of nitrogens with one attached hydrogen (secondary N) is 1. The standard InChI is InChI=1S/C24H19N3O2S/c28-24(29)23-26-20-11-5-3-10-18(20)22(27-23)25-13-19-16-8-2-1-7-15(16)14-30-21-12-6-4-9-17(19)21/h1-12,19H,13-14H2,(H,28,29)(H,25,26,27)/p-1. The summed E-state index contributed by atoms with van der Waals surface area (Å²) in [4.78, 5) is 21.0. The summed E-state index contributed by atoms with van der Waals surface area (Å²) < 4.78 is 0. The van der Waals surface area contributed by atoms with Crippen molar-refractivity contribution in [3.05, 3.63) is 95.3 Å². The van der Waals surface area contributed by atoms with E-state index in [9.17, 15) is 9.90 Å². The van der Waals surface area contributed by atoms with Gasteiger partial charge < -0.3 is 15.2 Å². The number of carboxylic acids is 1. The largest absolute Gasteiger partial charge is 0.542 e. The zero-order valence-electron chi connectivity index (χ0n) is 16.0. The normalized spacial score (nSPS) is 15.1. The number of nitrogens with zero attached hydrogens (tertiary/aromatic N) is 2. The topological polar surface area (TPSA) is 77.9 Å². The zero-order chi connectivity index (χ0) is 20.5. The van der Waals surface area contributed by atoms with Crippen LogP contribution in [0.15, 0.2) is 77.7 Å². The maximum atomic E-state index is 11.4. The van der Waals surface area contributed by atoms with Gasteiger partial charge >= 0.3 is 0 Å². The SMILES string of the molecule is O=C([O-])c1nc(NCC2c3ccccc3CSc3ccccc32)c2ccccc2n1. The van der Waals surface area contributed by atoms with Crippen LogP contribution in [0.2, 0.25) is 0 Å². The number of aromatic nitrogens is 2. The summed E-state index contributed by atoms with van der Waals surface area (Å²) in [6.45, 7) is 0.585. The predicted octanol–water partition coefficient (Wildman–Crippen LogP) is 3.84. The Hall–Kier alpha value is -3.38. The molecule has 1 aromatic heterocycles. The molecule has 1 aliphatic rings. The third-order valence-electron chi connectivity index (χ3n) is 5.37. The van der Waals surface area contributed by atoms with Crippen LogP contribution in [0.25, 0.3) is 10.9 Å². The lowest BCUT2D eigenvalue weighted by molar-refractivity contribution is -0.256. The Labute approximate surface area is 178 Å². The van der Waals surface area contributed by atoms with E-state index < -0.39 is 5.97 Å². The van der Waals surface area contributed by atoms with Gasteiger partial charge in [-0.3, -0.25) is 0 Å². The summed E-state index contributed by atoms with van der Waals surface area (Å²) in [5.74, 6) is -0.146. The molecule has 1 N–H and O–H groups in total. The maximum Gasteiger partial charge on any atom is 0.177 e. The Morgan fingerprint density at radius 3 is 2.57 bits per heavy atom. The van der Waals surface area contributed by atoms with Crippen molar-refractivity contribution in [2.24, 2.45) is 0 Å². The van der Waals surface area contributed by atoms with Gasteiger partial charge in [0.05, 0.1) is 5.52 Å². The van der Waals surface area contributed by atoms with Crippen LogP contribution in [0, 0.1) is 0 Å². The number of carbonyl (C=O) groups is 1. The van der Waals surface area contributed by atoms with Crippen LogP contribution in [-0.4, -0.2) is 22.5 Å². The molecule has 0 aliphatic carbocycles. The van der Waals surface area contributed by atoms with E-state index in [4.69, 9.17) is 0 Å². The highest BCUT2D eigenvalue weighted by Crippen LogP contribution is 2.40. The molecule has 1 atom stereocenters. The van der Waals surface area contributed by atoms with Gasteiger partial charge in [-0.05, 0) is 34.9 Å². The van der Waals surface area contributed by atoms with Gasteiger partial charge in [0.2, 0.25) is 0 Å². The quantitative estimate of drug-likeness (QED) is 0.549. The fraction of sp³-hybridized carbons (Fsp3) is 0.125. The number of para-hydroxylation sites is 1. The van der Waals surface area contributed by atoms with Crippen molar-refractivity contribution in [1.82, 2.24) is 9.97 Å². The van der Waals surface area contributed by atoms with Crippen LogP contribution in [-0.2, 0) is 5.75 Å². The van der Waals surface area contributed by atoms with Gasteiger partial charge in [0.25, 0.3) is 0 Å².